The van der Waals surface area contributed by atoms with Gasteiger partial charge in [-0.3, -0.25) is 0 Å². The summed E-state index contributed by atoms with van der Waals surface area (Å²) >= 11 is 1.65. The Morgan fingerprint density at radius 2 is 2.19 bits per heavy atom. The lowest BCUT2D eigenvalue weighted by Crippen LogP contribution is -2.38. The predicted octanol–water partition coefficient (Wildman–Crippen LogP) is 1.56. The van der Waals surface area contributed by atoms with Crippen LogP contribution in [0.15, 0.2) is 6.07 Å². The molecule has 1 aliphatic heterocycles. The Kier molecular flexibility index (Phi) is 4.23. The van der Waals surface area contributed by atoms with E-state index in [0.29, 0.717) is 12.6 Å². The maximum Gasteiger partial charge on any atom is 0.223 e. The van der Waals surface area contributed by atoms with E-state index >= 15 is 0 Å². The van der Waals surface area contributed by atoms with Crippen molar-refractivity contribution in [2.24, 2.45) is 0 Å². The van der Waals surface area contributed by atoms with Gasteiger partial charge in [-0.2, -0.15) is 4.98 Å². The van der Waals surface area contributed by atoms with E-state index in [2.05, 4.69) is 27.9 Å². The first-order valence-corrected chi connectivity index (χ1v) is 8.00. The highest BCUT2D eigenvalue weighted by molar-refractivity contribution is 7.18. The van der Waals surface area contributed by atoms with Crippen molar-refractivity contribution in [2.75, 3.05) is 36.9 Å². The minimum atomic E-state index is 0.0808. The Balaban J connectivity index is 1.79. The van der Waals surface area contributed by atoms with Gasteiger partial charge < -0.3 is 20.5 Å². The molecule has 3 heterocycles. The van der Waals surface area contributed by atoms with E-state index in [9.17, 15) is 0 Å². The van der Waals surface area contributed by atoms with Gasteiger partial charge in [0.2, 0.25) is 5.95 Å². The molecular weight excluding hydrogens is 288 g/mol. The summed E-state index contributed by atoms with van der Waals surface area (Å²) in [5.74, 6) is 1.26. The summed E-state index contributed by atoms with van der Waals surface area (Å²) in [7, 11) is 0. The van der Waals surface area contributed by atoms with Gasteiger partial charge in [0.25, 0.3) is 0 Å². The standard InChI is InChI=1S/C14H20N4O2S/c1-9-8-11-12(16-14(15)17-13(11)21-9)18-4-2-10(3-5-18)20-7-6-19/h8,10,19H,2-7H2,1H3,(H2,15,16,17). The number of piperidine rings is 1. The van der Waals surface area contributed by atoms with Gasteiger partial charge in [-0.05, 0) is 25.8 Å². The number of anilines is 2. The number of nitrogens with zero attached hydrogens (tertiary/aromatic N) is 3. The number of aromatic nitrogens is 2. The quantitative estimate of drug-likeness (QED) is 0.891. The maximum absolute atomic E-state index is 8.81. The van der Waals surface area contributed by atoms with Crippen molar-refractivity contribution in [1.82, 2.24) is 9.97 Å². The molecule has 0 aliphatic carbocycles. The average Bonchev–Trinajstić information content (AvgIpc) is 2.85. The zero-order valence-corrected chi connectivity index (χ0v) is 12.9. The number of fused-ring (bicyclic) bond motifs is 1. The lowest BCUT2D eigenvalue weighted by atomic mass is 10.1. The smallest absolute Gasteiger partial charge is 0.223 e. The van der Waals surface area contributed by atoms with Gasteiger partial charge in [0.15, 0.2) is 0 Å². The summed E-state index contributed by atoms with van der Waals surface area (Å²) in [5, 5.41) is 9.90. The number of aliphatic hydroxyl groups excluding tert-OH is 1. The minimum Gasteiger partial charge on any atom is -0.394 e. The predicted molar refractivity (Wildman–Crippen MR) is 84.8 cm³/mol. The van der Waals surface area contributed by atoms with Gasteiger partial charge in [0, 0.05) is 18.0 Å². The van der Waals surface area contributed by atoms with E-state index in [1.54, 1.807) is 11.3 Å². The van der Waals surface area contributed by atoms with Crippen molar-refractivity contribution in [1.29, 1.82) is 0 Å². The third-order valence-electron chi connectivity index (χ3n) is 3.70. The lowest BCUT2D eigenvalue weighted by Gasteiger charge is -2.33. The zero-order valence-electron chi connectivity index (χ0n) is 12.1. The molecule has 21 heavy (non-hydrogen) atoms. The van der Waals surface area contributed by atoms with Crippen LogP contribution >= 0.6 is 11.3 Å². The first-order chi connectivity index (χ1) is 10.2. The van der Waals surface area contributed by atoms with Crippen molar-refractivity contribution < 1.29 is 9.84 Å². The number of aliphatic hydroxyl groups is 1. The topological polar surface area (TPSA) is 84.5 Å². The van der Waals surface area contributed by atoms with E-state index in [1.165, 1.54) is 4.88 Å². The van der Waals surface area contributed by atoms with E-state index in [-0.39, 0.29) is 12.7 Å². The second-order valence-electron chi connectivity index (χ2n) is 5.26. The van der Waals surface area contributed by atoms with Crippen LogP contribution in [-0.2, 0) is 4.74 Å². The largest absolute Gasteiger partial charge is 0.394 e. The first kappa shape index (κ1) is 14.5. The van der Waals surface area contributed by atoms with Crippen LogP contribution in [0.2, 0.25) is 0 Å². The number of ether oxygens (including phenoxy) is 1. The number of nitrogens with two attached hydrogens (primary N) is 1. The molecule has 1 fully saturated rings. The van der Waals surface area contributed by atoms with Gasteiger partial charge in [0.05, 0.1) is 24.7 Å². The van der Waals surface area contributed by atoms with Crippen LogP contribution in [0.5, 0.6) is 0 Å². The normalized spacial score (nSPS) is 16.8. The molecule has 0 bridgehead atoms. The van der Waals surface area contributed by atoms with Crippen LogP contribution in [-0.4, -0.2) is 47.5 Å². The fourth-order valence-electron chi connectivity index (χ4n) is 2.74. The Bertz CT molecular complexity index is 623. The summed E-state index contributed by atoms with van der Waals surface area (Å²) in [6.07, 6.45) is 2.11. The minimum absolute atomic E-state index is 0.0808. The van der Waals surface area contributed by atoms with Crippen LogP contribution in [0.25, 0.3) is 10.2 Å². The fourth-order valence-corrected chi connectivity index (χ4v) is 3.62. The monoisotopic (exact) mass is 308 g/mol. The summed E-state index contributed by atoms with van der Waals surface area (Å²) in [6, 6.07) is 2.13. The number of rotatable bonds is 4. The van der Waals surface area contributed by atoms with Crippen LogP contribution < -0.4 is 10.6 Å². The average molecular weight is 308 g/mol. The number of thiophene rings is 1. The molecule has 3 N–H and O–H groups in total. The fraction of sp³-hybridized carbons (Fsp3) is 0.571. The van der Waals surface area contributed by atoms with Crippen molar-refractivity contribution in [2.45, 2.75) is 25.9 Å². The Morgan fingerprint density at radius 3 is 2.90 bits per heavy atom. The molecule has 114 valence electrons. The highest BCUT2D eigenvalue weighted by Crippen LogP contribution is 2.32. The molecule has 0 aromatic carbocycles. The summed E-state index contributed by atoms with van der Waals surface area (Å²) in [6.45, 7) is 4.34. The van der Waals surface area contributed by atoms with Gasteiger partial charge >= 0.3 is 0 Å². The van der Waals surface area contributed by atoms with Gasteiger partial charge in [0.1, 0.15) is 10.6 Å². The second-order valence-corrected chi connectivity index (χ2v) is 6.50. The number of aryl methyl sites for hydroxylation is 1. The lowest BCUT2D eigenvalue weighted by molar-refractivity contribution is 0.0158. The Hall–Kier alpha value is -1.44. The molecule has 1 saturated heterocycles. The first-order valence-electron chi connectivity index (χ1n) is 7.18. The van der Waals surface area contributed by atoms with Crippen molar-refractivity contribution in [3.05, 3.63) is 10.9 Å². The molecule has 1 aliphatic rings. The summed E-state index contributed by atoms with van der Waals surface area (Å²) in [5.41, 5.74) is 5.84. The molecule has 0 spiro atoms. The molecular formula is C14H20N4O2S. The molecule has 2 aromatic heterocycles. The number of nitrogen functional groups attached to an aromatic ring is 1. The van der Waals surface area contributed by atoms with Crippen LogP contribution in [0.3, 0.4) is 0 Å². The molecule has 0 radical (unpaired) electrons. The van der Waals surface area contributed by atoms with Crippen LogP contribution in [0.4, 0.5) is 11.8 Å². The van der Waals surface area contributed by atoms with E-state index in [4.69, 9.17) is 15.6 Å². The molecule has 0 amide bonds. The molecule has 3 rings (SSSR count). The second kappa shape index (κ2) is 6.13. The molecule has 0 atom stereocenters. The maximum atomic E-state index is 8.81. The van der Waals surface area contributed by atoms with E-state index in [1.807, 2.05) is 0 Å². The zero-order chi connectivity index (χ0) is 14.8. The highest BCUT2D eigenvalue weighted by atomic mass is 32.1. The van der Waals surface area contributed by atoms with E-state index < -0.39 is 0 Å². The third-order valence-corrected chi connectivity index (χ3v) is 4.64. The van der Waals surface area contributed by atoms with Crippen molar-refractivity contribution in [3.8, 4) is 0 Å². The van der Waals surface area contributed by atoms with E-state index in [0.717, 1.165) is 42.0 Å². The van der Waals surface area contributed by atoms with Gasteiger partial charge in [-0.1, -0.05) is 0 Å². The van der Waals surface area contributed by atoms with Gasteiger partial charge in [-0.15, -0.1) is 11.3 Å². The van der Waals surface area contributed by atoms with Crippen LogP contribution in [0.1, 0.15) is 17.7 Å². The molecule has 0 saturated carbocycles. The summed E-state index contributed by atoms with van der Waals surface area (Å²) < 4.78 is 5.60. The molecule has 6 nitrogen and oxygen atoms in total. The highest BCUT2D eigenvalue weighted by Gasteiger charge is 2.23. The third kappa shape index (κ3) is 3.09. The van der Waals surface area contributed by atoms with Crippen LogP contribution in [0, 0.1) is 6.92 Å². The Labute approximate surface area is 127 Å². The molecule has 2 aromatic rings. The summed E-state index contributed by atoms with van der Waals surface area (Å²) in [4.78, 5) is 13.2. The molecule has 7 heteroatoms. The number of hydrogen-bond acceptors (Lipinski definition) is 7. The van der Waals surface area contributed by atoms with Crippen molar-refractivity contribution >= 4 is 33.3 Å². The SMILES string of the molecule is Cc1cc2c(N3CCC(OCCO)CC3)nc(N)nc2s1. The van der Waals surface area contributed by atoms with Gasteiger partial charge in [-0.25, -0.2) is 4.98 Å². The van der Waals surface area contributed by atoms with Crippen molar-refractivity contribution in [3.63, 3.8) is 0 Å². The number of hydrogen-bond donors (Lipinski definition) is 2. The Morgan fingerprint density at radius 1 is 1.43 bits per heavy atom. The molecule has 0 unspecified atom stereocenters.